The van der Waals surface area contributed by atoms with Gasteiger partial charge in [-0.15, -0.1) is 11.3 Å². The van der Waals surface area contributed by atoms with Crippen LogP contribution in [0.25, 0.3) is 20.8 Å². The highest BCUT2D eigenvalue weighted by molar-refractivity contribution is 7.21. The number of carbonyl (C=O) groups is 2. The first kappa shape index (κ1) is 20.8. The van der Waals surface area contributed by atoms with Crippen molar-refractivity contribution in [3.63, 3.8) is 0 Å². The number of halogens is 1. The molecule has 1 aromatic heterocycles. The number of aromatic nitrogens is 1. The van der Waals surface area contributed by atoms with Gasteiger partial charge in [0.25, 0.3) is 5.91 Å². The van der Waals surface area contributed by atoms with E-state index < -0.39 is 6.04 Å². The minimum Gasteiger partial charge on any atom is -0.301 e. The van der Waals surface area contributed by atoms with Crippen LogP contribution in [0.2, 0.25) is 5.02 Å². The Morgan fingerprint density at radius 3 is 2.56 bits per heavy atom. The topological polar surface area (TPSA) is 62.3 Å². The second kappa shape index (κ2) is 8.47. The van der Waals surface area contributed by atoms with E-state index >= 15 is 0 Å². The van der Waals surface area contributed by atoms with E-state index in [1.807, 2.05) is 42.5 Å². The van der Waals surface area contributed by atoms with Crippen LogP contribution in [-0.4, -0.2) is 22.8 Å². The third kappa shape index (κ3) is 4.05. The third-order valence-corrected chi connectivity index (χ3v) is 6.85. The minimum atomic E-state index is -0.537. The second-order valence-electron chi connectivity index (χ2n) is 7.87. The van der Waals surface area contributed by atoms with Gasteiger partial charge in [-0.1, -0.05) is 29.8 Å². The van der Waals surface area contributed by atoms with E-state index in [1.165, 1.54) is 10.5 Å². The smallest absolute Gasteiger partial charge is 0.251 e. The summed E-state index contributed by atoms with van der Waals surface area (Å²) in [6.45, 7) is 2.56. The zero-order valence-corrected chi connectivity index (χ0v) is 18.9. The van der Waals surface area contributed by atoms with Crippen LogP contribution in [0.15, 0.2) is 66.7 Å². The molecule has 5 nitrogen and oxygen atoms in total. The maximum Gasteiger partial charge on any atom is 0.251 e. The van der Waals surface area contributed by atoms with Gasteiger partial charge >= 0.3 is 0 Å². The van der Waals surface area contributed by atoms with Crippen molar-refractivity contribution in [3.8, 4) is 10.6 Å². The van der Waals surface area contributed by atoms with Crippen molar-refractivity contribution < 1.29 is 9.59 Å². The highest BCUT2D eigenvalue weighted by atomic mass is 35.5. The number of nitrogens with zero attached hydrogens (tertiary/aromatic N) is 2. The summed E-state index contributed by atoms with van der Waals surface area (Å²) in [5, 5.41) is 4.77. The first-order chi connectivity index (χ1) is 15.5. The highest BCUT2D eigenvalue weighted by Crippen LogP contribution is 2.32. The fraction of sp³-hybridized carbons (Fsp3) is 0.160. The number of aryl methyl sites for hydroxylation is 1. The predicted octanol–water partition coefficient (Wildman–Crippen LogP) is 5.35. The molecule has 0 radical (unpaired) electrons. The number of carbonyl (C=O) groups excluding carboxylic acids is 2. The molecule has 3 aromatic carbocycles. The molecule has 2 heterocycles. The van der Waals surface area contributed by atoms with E-state index in [0.717, 1.165) is 26.4 Å². The Kier molecular flexibility index (Phi) is 5.51. The Labute approximate surface area is 194 Å². The average molecular weight is 462 g/mol. The molecule has 1 fully saturated rings. The Balaban J connectivity index is 1.31. The van der Waals surface area contributed by atoms with Gasteiger partial charge in [0.2, 0.25) is 5.91 Å². The monoisotopic (exact) mass is 461 g/mol. The van der Waals surface area contributed by atoms with Gasteiger partial charge in [0.1, 0.15) is 5.01 Å². The average Bonchev–Trinajstić information content (AvgIpc) is 3.33. The summed E-state index contributed by atoms with van der Waals surface area (Å²) in [5.41, 5.74) is 4.72. The number of nitrogens with one attached hydrogen (secondary N) is 1. The van der Waals surface area contributed by atoms with Crippen LogP contribution in [-0.2, 0) is 16.1 Å². The predicted molar refractivity (Wildman–Crippen MR) is 129 cm³/mol. The molecule has 160 valence electrons. The largest absolute Gasteiger partial charge is 0.301 e. The van der Waals surface area contributed by atoms with Gasteiger partial charge in [-0.2, -0.15) is 0 Å². The van der Waals surface area contributed by atoms with Crippen LogP contribution in [0.4, 0.5) is 5.69 Å². The Morgan fingerprint density at radius 1 is 1.06 bits per heavy atom. The molecule has 0 saturated carbocycles. The number of fused-ring (bicyclic) bond motifs is 1. The van der Waals surface area contributed by atoms with E-state index in [9.17, 15) is 9.59 Å². The zero-order valence-electron chi connectivity index (χ0n) is 17.3. The van der Waals surface area contributed by atoms with Crippen LogP contribution in [0.1, 0.15) is 17.5 Å². The molecule has 0 bridgehead atoms. The van der Waals surface area contributed by atoms with Crippen molar-refractivity contribution in [1.29, 1.82) is 0 Å². The maximum absolute atomic E-state index is 12.9. The lowest BCUT2D eigenvalue weighted by Crippen LogP contribution is -2.38. The molecule has 5 rings (SSSR count). The van der Waals surface area contributed by atoms with Crippen LogP contribution < -0.4 is 10.2 Å². The number of hydrogen-bond donors (Lipinski definition) is 1. The van der Waals surface area contributed by atoms with E-state index in [1.54, 1.807) is 23.5 Å². The molecule has 1 atom stereocenters. The SMILES string of the molecule is Cc1ccc2nc(-c3ccc(N4C(=O)C[C@H](NCc5ccc(Cl)cc5)C4=O)cc3)sc2c1. The molecule has 32 heavy (non-hydrogen) atoms. The summed E-state index contributed by atoms with van der Waals surface area (Å²) in [6, 6.07) is 20.5. The molecule has 0 unspecified atom stereocenters. The first-order valence-corrected chi connectivity index (χ1v) is 11.5. The summed E-state index contributed by atoms with van der Waals surface area (Å²) < 4.78 is 1.14. The number of amides is 2. The van der Waals surface area contributed by atoms with Crippen LogP contribution >= 0.6 is 22.9 Å². The van der Waals surface area contributed by atoms with E-state index in [-0.39, 0.29) is 18.2 Å². The molecule has 7 heteroatoms. The van der Waals surface area contributed by atoms with Gasteiger partial charge in [-0.3, -0.25) is 9.59 Å². The molecule has 0 aliphatic carbocycles. The van der Waals surface area contributed by atoms with Gasteiger partial charge in [0, 0.05) is 17.1 Å². The summed E-state index contributed by atoms with van der Waals surface area (Å²) in [7, 11) is 0. The van der Waals surface area contributed by atoms with E-state index in [0.29, 0.717) is 17.3 Å². The van der Waals surface area contributed by atoms with E-state index in [4.69, 9.17) is 16.6 Å². The van der Waals surface area contributed by atoms with Crippen molar-refractivity contribution in [2.45, 2.75) is 25.9 Å². The van der Waals surface area contributed by atoms with Crippen molar-refractivity contribution in [3.05, 3.63) is 82.9 Å². The molecular weight excluding hydrogens is 442 g/mol. The molecule has 2 amide bonds. The summed E-state index contributed by atoms with van der Waals surface area (Å²) in [4.78, 5) is 31.5. The molecule has 4 aromatic rings. The van der Waals surface area contributed by atoms with Crippen LogP contribution in [0.5, 0.6) is 0 Å². The summed E-state index contributed by atoms with van der Waals surface area (Å²) >= 11 is 7.55. The van der Waals surface area contributed by atoms with Crippen molar-refractivity contribution in [2.24, 2.45) is 0 Å². The fourth-order valence-electron chi connectivity index (χ4n) is 3.81. The number of thiazole rings is 1. The zero-order chi connectivity index (χ0) is 22.2. The number of anilines is 1. The Morgan fingerprint density at radius 2 is 1.81 bits per heavy atom. The van der Waals surface area contributed by atoms with Crippen LogP contribution in [0, 0.1) is 6.92 Å². The minimum absolute atomic E-state index is 0.144. The van der Waals surface area contributed by atoms with Gasteiger partial charge in [-0.25, -0.2) is 9.88 Å². The standard InChI is InChI=1S/C25H20ClN3O2S/c1-15-2-11-20-22(12-15)32-24(28-20)17-5-9-19(10-6-17)29-23(30)13-21(25(29)31)27-14-16-3-7-18(26)8-4-16/h2-12,21,27H,13-14H2,1H3/t21-/m0/s1. The second-order valence-corrected chi connectivity index (χ2v) is 9.34. The van der Waals surface area contributed by atoms with E-state index in [2.05, 4.69) is 24.4 Å². The molecular formula is C25H20ClN3O2S. The van der Waals surface area contributed by atoms with Crippen LogP contribution in [0.3, 0.4) is 0 Å². The number of hydrogen-bond acceptors (Lipinski definition) is 5. The van der Waals surface area contributed by atoms with Gasteiger partial charge in [0.05, 0.1) is 28.4 Å². The maximum atomic E-state index is 12.9. The first-order valence-electron chi connectivity index (χ1n) is 10.3. The lowest BCUT2D eigenvalue weighted by atomic mass is 10.2. The molecule has 1 N–H and O–H groups in total. The number of imide groups is 1. The summed E-state index contributed by atoms with van der Waals surface area (Å²) in [5.74, 6) is -0.431. The van der Waals surface area contributed by atoms with Gasteiger partial charge < -0.3 is 5.32 Å². The van der Waals surface area contributed by atoms with Crippen molar-refractivity contribution in [2.75, 3.05) is 4.90 Å². The number of rotatable bonds is 5. The summed E-state index contributed by atoms with van der Waals surface area (Å²) in [6.07, 6.45) is 0.144. The molecule has 0 spiro atoms. The molecule has 1 aliphatic heterocycles. The lowest BCUT2D eigenvalue weighted by molar-refractivity contribution is -0.121. The van der Waals surface area contributed by atoms with Gasteiger partial charge in [0.15, 0.2) is 0 Å². The quantitative estimate of drug-likeness (QED) is 0.407. The van der Waals surface area contributed by atoms with Gasteiger partial charge in [-0.05, 0) is 66.6 Å². The molecule has 1 saturated heterocycles. The molecule has 1 aliphatic rings. The van der Waals surface area contributed by atoms with Crippen molar-refractivity contribution in [1.82, 2.24) is 10.3 Å². The Bertz CT molecular complexity index is 1320. The normalized spacial score (nSPS) is 16.3. The fourth-order valence-corrected chi connectivity index (χ4v) is 5.01. The van der Waals surface area contributed by atoms with Crippen molar-refractivity contribution >= 4 is 50.7 Å². The Hall–Kier alpha value is -3.06. The third-order valence-electron chi connectivity index (χ3n) is 5.53. The lowest BCUT2D eigenvalue weighted by Gasteiger charge is -2.16. The number of benzene rings is 3. The highest BCUT2D eigenvalue weighted by Gasteiger charge is 2.39.